The van der Waals surface area contributed by atoms with Crippen LogP contribution >= 0.6 is 11.8 Å². The van der Waals surface area contributed by atoms with Crippen LogP contribution in [0, 0.1) is 5.92 Å². The molecule has 1 aromatic rings. The Morgan fingerprint density at radius 3 is 2.70 bits per heavy atom. The highest BCUT2D eigenvalue weighted by Crippen LogP contribution is 2.16. The van der Waals surface area contributed by atoms with E-state index in [0.29, 0.717) is 18.8 Å². The first-order chi connectivity index (χ1) is 9.74. The van der Waals surface area contributed by atoms with Crippen molar-refractivity contribution >= 4 is 17.7 Å². The molecule has 0 radical (unpaired) electrons. The third kappa shape index (κ3) is 7.43. The van der Waals surface area contributed by atoms with E-state index in [9.17, 15) is 9.90 Å². The van der Waals surface area contributed by atoms with Gasteiger partial charge in [0, 0.05) is 5.75 Å². The lowest BCUT2D eigenvalue weighted by molar-refractivity contribution is -0.141. The summed E-state index contributed by atoms with van der Waals surface area (Å²) in [6.45, 7) is 2.63. The normalized spacial score (nSPS) is 12.1. The van der Waals surface area contributed by atoms with Gasteiger partial charge < -0.3 is 9.84 Å². The smallest absolute Gasteiger partial charge is 0.307 e. The minimum Gasteiger partial charge on any atom is -0.494 e. The molecule has 1 atom stereocenters. The molecule has 0 fully saturated rings. The Labute approximate surface area is 125 Å². The van der Waals surface area contributed by atoms with Crippen molar-refractivity contribution in [1.82, 2.24) is 0 Å². The van der Waals surface area contributed by atoms with Gasteiger partial charge in [-0.1, -0.05) is 38.0 Å². The van der Waals surface area contributed by atoms with Crippen LogP contribution in [0.5, 0.6) is 5.75 Å². The van der Waals surface area contributed by atoms with E-state index < -0.39 is 5.97 Å². The summed E-state index contributed by atoms with van der Waals surface area (Å²) < 4.78 is 5.56. The Morgan fingerprint density at radius 1 is 1.30 bits per heavy atom. The molecule has 0 amide bonds. The minimum atomic E-state index is -0.718. The molecule has 0 aliphatic carbocycles. The first kappa shape index (κ1) is 16.9. The van der Waals surface area contributed by atoms with E-state index in [-0.39, 0.29) is 5.92 Å². The molecule has 0 bridgehead atoms. The van der Waals surface area contributed by atoms with Gasteiger partial charge in [0.15, 0.2) is 0 Å². The van der Waals surface area contributed by atoms with Gasteiger partial charge in [-0.05, 0) is 30.7 Å². The van der Waals surface area contributed by atoms with Crippen LogP contribution in [-0.2, 0) is 4.79 Å². The number of ether oxygens (including phenoxy) is 1. The highest BCUT2D eigenvalue weighted by molar-refractivity contribution is 7.99. The fourth-order valence-corrected chi connectivity index (χ4v) is 2.96. The third-order valence-corrected chi connectivity index (χ3v) is 4.25. The number of rotatable bonds is 11. The molecule has 0 aliphatic rings. The number of carboxylic acids is 1. The number of aliphatic carboxylic acids is 1. The van der Waals surface area contributed by atoms with Crippen molar-refractivity contribution in [2.24, 2.45) is 5.92 Å². The molecule has 20 heavy (non-hydrogen) atoms. The van der Waals surface area contributed by atoms with Crippen molar-refractivity contribution < 1.29 is 14.6 Å². The van der Waals surface area contributed by atoms with Crippen LogP contribution < -0.4 is 4.74 Å². The third-order valence-electron chi connectivity index (χ3n) is 3.04. The minimum absolute atomic E-state index is 0.315. The number of hydrogen-bond donors (Lipinski definition) is 1. The van der Waals surface area contributed by atoms with Crippen LogP contribution in [0.4, 0.5) is 0 Å². The second kappa shape index (κ2) is 10.6. The molecule has 3 nitrogen and oxygen atoms in total. The maximum Gasteiger partial charge on any atom is 0.307 e. The average Bonchev–Trinajstić information content (AvgIpc) is 2.46. The van der Waals surface area contributed by atoms with E-state index in [4.69, 9.17) is 4.74 Å². The predicted molar refractivity (Wildman–Crippen MR) is 84.5 cm³/mol. The first-order valence-electron chi connectivity index (χ1n) is 7.22. The lowest BCUT2D eigenvalue weighted by atomic mass is 10.1. The molecule has 0 aliphatic heterocycles. The number of unbranched alkanes of at least 4 members (excludes halogenated alkanes) is 2. The van der Waals surface area contributed by atoms with Crippen molar-refractivity contribution in [3.8, 4) is 5.75 Å². The van der Waals surface area contributed by atoms with Crippen molar-refractivity contribution in [1.29, 1.82) is 0 Å². The molecule has 0 aromatic heterocycles. The fourth-order valence-electron chi connectivity index (χ4n) is 1.79. The van der Waals surface area contributed by atoms with Crippen LogP contribution in [0.15, 0.2) is 30.3 Å². The molecule has 1 aromatic carbocycles. The molecule has 0 saturated heterocycles. The molecule has 0 spiro atoms. The Hall–Kier alpha value is -1.16. The van der Waals surface area contributed by atoms with E-state index in [1.165, 1.54) is 19.3 Å². The van der Waals surface area contributed by atoms with Gasteiger partial charge in [0.05, 0.1) is 12.5 Å². The lowest BCUT2D eigenvalue weighted by Crippen LogP contribution is -2.19. The van der Waals surface area contributed by atoms with E-state index in [0.717, 1.165) is 11.5 Å². The number of carbonyl (C=O) groups is 1. The molecule has 1 N–H and O–H groups in total. The van der Waals surface area contributed by atoms with Gasteiger partial charge in [-0.25, -0.2) is 0 Å². The van der Waals surface area contributed by atoms with Crippen molar-refractivity contribution in [2.45, 2.75) is 32.6 Å². The quantitative estimate of drug-likeness (QED) is 0.625. The highest BCUT2D eigenvalue weighted by Gasteiger charge is 2.17. The summed E-state index contributed by atoms with van der Waals surface area (Å²) in [4.78, 5) is 11.2. The van der Waals surface area contributed by atoms with Crippen LogP contribution in [-0.4, -0.2) is 29.2 Å². The number of carboxylic acid groups (broad SMARTS) is 1. The predicted octanol–water partition coefficient (Wildman–Crippen LogP) is 4.08. The van der Waals surface area contributed by atoms with Crippen molar-refractivity contribution in [3.63, 3.8) is 0 Å². The van der Waals surface area contributed by atoms with Crippen molar-refractivity contribution in [2.75, 3.05) is 18.1 Å². The highest BCUT2D eigenvalue weighted by atomic mass is 32.2. The van der Waals surface area contributed by atoms with Gasteiger partial charge in [-0.2, -0.15) is 11.8 Å². The Morgan fingerprint density at radius 2 is 2.05 bits per heavy atom. The second-order valence-corrected chi connectivity index (χ2v) is 5.92. The number of thioether (sulfide) groups is 1. The SMILES string of the molecule is CCCCCSCC(CCOc1ccccc1)C(=O)O. The van der Waals surface area contributed by atoms with E-state index in [1.807, 2.05) is 30.3 Å². The summed E-state index contributed by atoms with van der Waals surface area (Å²) in [5.74, 6) is 1.50. The topological polar surface area (TPSA) is 46.5 Å². The zero-order chi connectivity index (χ0) is 14.6. The number of para-hydroxylation sites is 1. The Balaban J connectivity index is 2.20. The first-order valence-corrected chi connectivity index (χ1v) is 8.38. The van der Waals surface area contributed by atoms with Gasteiger partial charge in [0.25, 0.3) is 0 Å². The Bertz CT molecular complexity index is 367. The average molecular weight is 296 g/mol. The zero-order valence-electron chi connectivity index (χ0n) is 12.1. The van der Waals surface area contributed by atoms with Gasteiger partial charge >= 0.3 is 5.97 Å². The van der Waals surface area contributed by atoms with Gasteiger partial charge in [-0.3, -0.25) is 4.79 Å². The van der Waals surface area contributed by atoms with E-state index in [1.54, 1.807) is 11.8 Å². The summed E-state index contributed by atoms with van der Waals surface area (Å²) >= 11 is 1.74. The lowest BCUT2D eigenvalue weighted by Gasteiger charge is -2.12. The fraction of sp³-hybridized carbons (Fsp3) is 0.562. The van der Waals surface area contributed by atoms with Gasteiger partial charge in [-0.15, -0.1) is 0 Å². The number of benzene rings is 1. The van der Waals surface area contributed by atoms with E-state index >= 15 is 0 Å². The maximum absolute atomic E-state index is 11.2. The van der Waals surface area contributed by atoms with Crippen LogP contribution in [0.3, 0.4) is 0 Å². The molecule has 1 rings (SSSR count). The second-order valence-electron chi connectivity index (χ2n) is 4.77. The monoisotopic (exact) mass is 296 g/mol. The summed E-state index contributed by atoms with van der Waals surface area (Å²) in [6.07, 6.45) is 4.16. The van der Waals surface area contributed by atoms with E-state index in [2.05, 4.69) is 6.92 Å². The molecule has 4 heteroatoms. The van der Waals surface area contributed by atoms with Crippen LogP contribution in [0.1, 0.15) is 32.6 Å². The molecular weight excluding hydrogens is 272 g/mol. The molecule has 0 heterocycles. The van der Waals surface area contributed by atoms with Crippen molar-refractivity contribution in [3.05, 3.63) is 30.3 Å². The largest absolute Gasteiger partial charge is 0.494 e. The van der Waals surface area contributed by atoms with Crippen LogP contribution in [0.25, 0.3) is 0 Å². The van der Waals surface area contributed by atoms with Gasteiger partial charge in [0.1, 0.15) is 5.75 Å². The zero-order valence-corrected chi connectivity index (χ0v) is 12.9. The summed E-state index contributed by atoms with van der Waals surface area (Å²) in [5.41, 5.74) is 0. The Kier molecular flexibility index (Phi) is 8.96. The number of hydrogen-bond acceptors (Lipinski definition) is 3. The standard InChI is InChI=1S/C16H24O3S/c1-2-3-7-12-20-13-14(16(17)18)10-11-19-15-8-5-4-6-9-15/h4-6,8-9,14H,2-3,7,10-13H2,1H3,(H,17,18). The summed E-state index contributed by atoms with van der Waals surface area (Å²) in [5, 5.41) is 9.20. The maximum atomic E-state index is 11.2. The summed E-state index contributed by atoms with van der Waals surface area (Å²) in [7, 11) is 0. The molecular formula is C16H24O3S. The van der Waals surface area contributed by atoms with Crippen LogP contribution in [0.2, 0.25) is 0 Å². The summed E-state index contributed by atoms with van der Waals surface area (Å²) in [6, 6.07) is 9.52. The van der Waals surface area contributed by atoms with Gasteiger partial charge in [0.2, 0.25) is 0 Å². The molecule has 0 saturated carbocycles. The molecule has 112 valence electrons. The molecule has 1 unspecified atom stereocenters.